The van der Waals surface area contributed by atoms with Crippen LogP contribution in [0.5, 0.6) is 0 Å². The molecular formula is C7H10NOS. The number of hydrogen-bond acceptors (Lipinski definition) is 2. The van der Waals surface area contributed by atoms with E-state index in [0.29, 0.717) is 0 Å². The molecule has 1 saturated heterocycles. The minimum Gasteiger partial charge on any atom is -0.338 e. The molecule has 0 aromatic heterocycles. The molecule has 0 bridgehead atoms. The van der Waals surface area contributed by atoms with Crippen LogP contribution in [0.15, 0.2) is 6.08 Å². The second-order valence-electron chi connectivity index (χ2n) is 2.10. The molecule has 1 fully saturated rings. The largest absolute Gasteiger partial charge is 0.338 e. The number of nitrogens with zero attached hydrogens (tertiary/aromatic N) is 1. The second-order valence-corrected chi connectivity index (χ2v) is 3.33. The molecule has 0 aromatic carbocycles. The van der Waals surface area contributed by atoms with Crippen LogP contribution in [0.1, 0.15) is 0 Å². The maximum Gasteiger partial charge on any atom is 0.246 e. The third-order valence-electron chi connectivity index (χ3n) is 1.47. The summed E-state index contributed by atoms with van der Waals surface area (Å²) in [7, 11) is 0. The van der Waals surface area contributed by atoms with Gasteiger partial charge in [-0.05, 0) is 0 Å². The first-order valence-corrected chi connectivity index (χ1v) is 4.41. The highest BCUT2D eigenvalue weighted by atomic mass is 32.2. The van der Waals surface area contributed by atoms with Crippen LogP contribution in [0, 0.1) is 6.58 Å². The molecule has 0 atom stereocenters. The molecule has 55 valence electrons. The lowest BCUT2D eigenvalue weighted by molar-refractivity contribution is -0.125. The van der Waals surface area contributed by atoms with Crippen molar-refractivity contribution in [2.45, 2.75) is 0 Å². The fourth-order valence-electron chi connectivity index (χ4n) is 0.889. The molecule has 1 rings (SSSR count). The Kier molecular flexibility index (Phi) is 2.81. The highest BCUT2D eigenvalue weighted by Crippen LogP contribution is 2.08. The number of carbonyl (C=O) groups is 1. The first-order valence-electron chi connectivity index (χ1n) is 3.26. The molecule has 3 heteroatoms. The molecule has 0 N–H and O–H groups in total. The van der Waals surface area contributed by atoms with E-state index in [2.05, 4.69) is 0 Å². The molecule has 1 aliphatic rings. The number of amides is 1. The Morgan fingerprint density at radius 2 is 2.10 bits per heavy atom. The van der Waals surface area contributed by atoms with Crippen molar-refractivity contribution in [3.8, 4) is 0 Å². The highest BCUT2D eigenvalue weighted by molar-refractivity contribution is 7.99. The summed E-state index contributed by atoms with van der Waals surface area (Å²) < 4.78 is 0. The van der Waals surface area contributed by atoms with E-state index in [-0.39, 0.29) is 5.91 Å². The Bertz CT molecular complexity index is 141. The summed E-state index contributed by atoms with van der Waals surface area (Å²) in [4.78, 5) is 12.7. The van der Waals surface area contributed by atoms with Crippen LogP contribution in [-0.2, 0) is 4.79 Å². The van der Waals surface area contributed by atoms with Crippen LogP contribution in [-0.4, -0.2) is 35.4 Å². The molecule has 0 saturated carbocycles. The highest BCUT2D eigenvalue weighted by Gasteiger charge is 2.12. The summed E-state index contributed by atoms with van der Waals surface area (Å²) in [6.45, 7) is 6.77. The van der Waals surface area contributed by atoms with Crippen LogP contribution >= 0.6 is 11.8 Å². The predicted octanol–water partition coefficient (Wildman–Crippen LogP) is 0.551. The molecule has 1 amide bonds. The van der Waals surface area contributed by atoms with Crippen molar-refractivity contribution in [1.29, 1.82) is 0 Å². The average Bonchev–Trinajstić information content (AvgIpc) is 2.05. The maximum atomic E-state index is 10.9. The molecule has 0 aromatic rings. The zero-order valence-electron chi connectivity index (χ0n) is 5.75. The molecule has 1 heterocycles. The van der Waals surface area contributed by atoms with Crippen LogP contribution < -0.4 is 0 Å². The lowest BCUT2D eigenvalue weighted by atomic mass is 10.4. The van der Waals surface area contributed by atoms with E-state index in [1.807, 2.05) is 11.8 Å². The van der Waals surface area contributed by atoms with Crippen LogP contribution in [0.3, 0.4) is 0 Å². The van der Waals surface area contributed by atoms with Crippen molar-refractivity contribution in [2.24, 2.45) is 0 Å². The normalized spacial score (nSPS) is 18.6. The number of hydrogen-bond donors (Lipinski definition) is 0. The van der Waals surface area contributed by atoms with Gasteiger partial charge in [0.1, 0.15) is 0 Å². The van der Waals surface area contributed by atoms with Crippen molar-refractivity contribution in [3.05, 3.63) is 12.7 Å². The molecule has 1 radical (unpaired) electrons. The second kappa shape index (κ2) is 3.66. The Morgan fingerprint density at radius 1 is 1.50 bits per heavy atom. The minimum atomic E-state index is -0.0414. The first-order chi connectivity index (χ1) is 4.84. The summed E-state index contributed by atoms with van der Waals surface area (Å²) in [5, 5.41) is 0. The van der Waals surface area contributed by atoms with E-state index in [1.165, 1.54) is 0 Å². The predicted molar refractivity (Wildman–Crippen MR) is 42.8 cm³/mol. The zero-order chi connectivity index (χ0) is 7.40. The summed E-state index contributed by atoms with van der Waals surface area (Å²) in [6, 6.07) is 0. The van der Waals surface area contributed by atoms with Gasteiger partial charge < -0.3 is 4.90 Å². The lowest BCUT2D eigenvalue weighted by Crippen LogP contribution is -2.36. The Hall–Kier alpha value is -0.440. The molecule has 2 nitrogen and oxygen atoms in total. The SMILES string of the molecule is [CH]=CC(=O)N1CCSCC1. The smallest absolute Gasteiger partial charge is 0.246 e. The van der Waals surface area contributed by atoms with Gasteiger partial charge in [-0.3, -0.25) is 4.79 Å². The standard InChI is InChI=1S/C7H10NOS/c1-2-7(9)8-3-5-10-6-4-8/h1-2H,3-6H2. The Balaban J connectivity index is 2.38. The maximum absolute atomic E-state index is 10.9. The summed E-state index contributed by atoms with van der Waals surface area (Å²) >= 11 is 1.88. The van der Waals surface area contributed by atoms with E-state index < -0.39 is 0 Å². The van der Waals surface area contributed by atoms with Gasteiger partial charge >= 0.3 is 0 Å². The fourth-order valence-corrected chi connectivity index (χ4v) is 1.79. The summed E-state index contributed by atoms with van der Waals surface area (Å²) in [6.07, 6.45) is 1.13. The molecule has 1 aliphatic heterocycles. The lowest BCUT2D eigenvalue weighted by Gasteiger charge is -2.24. The van der Waals surface area contributed by atoms with E-state index in [0.717, 1.165) is 30.7 Å². The van der Waals surface area contributed by atoms with E-state index in [1.54, 1.807) is 4.90 Å². The monoisotopic (exact) mass is 156 g/mol. The number of rotatable bonds is 1. The van der Waals surface area contributed by atoms with E-state index in [4.69, 9.17) is 6.58 Å². The van der Waals surface area contributed by atoms with Crippen LogP contribution in [0.25, 0.3) is 0 Å². The molecule has 0 unspecified atom stereocenters. The Labute approximate surface area is 65.3 Å². The van der Waals surface area contributed by atoms with Gasteiger partial charge in [-0.2, -0.15) is 11.8 Å². The van der Waals surface area contributed by atoms with Crippen molar-refractivity contribution in [1.82, 2.24) is 4.90 Å². The van der Waals surface area contributed by atoms with E-state index in [9.17, 15) is 4.79 Å². The average molecular weight is 156 g/mol. The van der Waals surface area contributed by atoms with Gasteiger partial charge in [0.15, 0.2) is 0 Å². The van der Waals surface area contributed by atoms with Gasteiger partial charge in [0.2, 0.25) is 5.91 Å². The zero-order valence-corrected chi connectivity index (χ0v) is 6.56. The number of thioether (sulfide) groups is 1. The van der Waals surface area contributed by atoms with Crippen LogP contribution in [0.4, 0.5) is 0 Å². The van der Waals surface area contributed by atoms with Crippen molar-refractivity contribution >= 4 is 17.7 Å². The van der Waals surface area contributed by atoms with Crippen molar-refractivity contribution in [3.63, 3.8) is 0 Å². The van der Waals surface area contributed by atoms with Gasteiger partial charge in [-0.1, -0.05) is 6.58 Å². The quantitative estimate of drug-likeness (QED) is 0.517. The van der Waals surface area contributed by atoms with E-state index >= 15 is 0 Å². The number of carbonyl (C=O) groups excluding carboxylic acids is 1. The first kappa shape index (κ1) is 7.66. The third-order valence-corrected chi connectivity index (χ3v) is 2.41. The molecule has 0 aliphatic carbocycles. The fraction of sp³-hybridized carbons (Fsp3) is 0.571. The Morgan fingerprint density at radius 3 is 2.60 bits per heavy atom. The van der Waals surface area contributed by atoms with Crippen molar-refractivity contribution in [2.75, 3.05) is 24.6 Å². The minimum absolute atomic E-state index is 0.0414. The molecule has 10 heavy (non-hydrogen) atoms. The summed E-state index contributed by atoms with van der Waals surface area (Å²) in [5.41, 5.74) is 0. The van der Waals surface area contributed by atoms with Gasteiger partial charge in [0.25, 0.3) is 0 Å². The molecular weight excluding hydrogens is 146 g/mol. The topological polar surface area (TPSA) is 20.3 Å². The van der Waals surface area contributed by atoms with Crippen molar-refractivity contribution < 1.29 is 4.79 Å². The van der Waals surface area contributed by atoms with Gasteiger partial charge in [-0.15, -0.1) is 0 Å². The van der Waals surface area contributed by atoms with Gasteiger partial charge in [-0.25, -0.2) is 0 Å². The van der Waals surface area contributed by atoms with Gasteiger partial charge in [0, 0.05) is 30.7 Å². The van der Waals surface area contributed by atoms with Crippen LogP contribution in [0.2, 0.25) is 0 Å². The molecule has 0 spiro atoms. The van der Waals surface area contributed by atoms with Gasteiger partial charge in [0.05, 0.1) is 0 Å². The third kappa shape index (κ3) is 1.77. The summed E-state index contributed by atoms with van der Waals surface area (Å²) in [5.74, 6) is 2.04.